The summed E-state index contributed by atoms with van der Waals surface area (Å²) < 4.78 is 0. The molecule has 0 aromatic heterocycles. The van der Waals surface area contributed by atoms with Crippen LogP contribution in [0.3, 0.4) is 0 Å². The quantitative estimate of drug-likeness (QED) is 0.723. The van der Waals surface area contributed by atoms with Crippen molar-refractivity contribution in [3.63, 3.8) is 0 Å². The molecule has 0 radical (unpaired) electrons. The molecule has 0 fully saturated rings. The van der Waals surface area contributed by atoms with Gasteiger partial charge in [0.15, 0.2) is 0 Å². The lowest BCUT2D eigenvalue weighted by Gasteiger charge is -2.23. The summed E-state index contributed by atoms with van der Waals surface area (Å²) in [7, 11) is 2.00. The molecule has 1 aromatic rings. The highest BCUT2D eigenvalue weighted by atomic mass is 35.5. The van der Waals surface area contributed by atoms with Crippen LogP contribution < -0.4 is 5.32 Å². The Bertz CT molecular complexity index is 454. The van der Waals surface area contributed by atoms with Gasteiger partial charge in [-0.3, -0.25) is 0 Å². The number of benzene rings is 1. The molecule has 1 N–H and O–H groups in total. The molecular formula is C16H21Cl2N. The van der Waals surface area contributed by atoms with Crippen molar-refractivity contribution in [2.75, 3.05) is 7.05 Å². The molecule has 0 spiro atoms. The van der Waals surface area contributed by atoms with Crippen LogP contribution in [0.5, 0.6) is 0 Å². The van der Waals surface area contributed by atoms with Gasteiger partial charge in [0.25, 0.3) is 0 Å². The van der Waals surface area contributed by atoms with E-state index in [0.717, 1.165) is 17.0 Å². The van der Waals surface area contributed by atoms with Crippen molar-refractivity contribution in [3.05, 3.63) is 45.5 Å². The first kappa shape index (κ1) is 14.9. The molecule has 1 unspecified atom stereocenters. The molecule has 1 nitrogen and oxygen atoms in total. The fourth-order valence-corrected chi connectivity index (χ4v) is 3.27. The zero-order valence-electron chi connectivity index (χ0n) is 11.4. The van der Waals surface area contributed by atoms with Crippen molar-refractivity contribution >= 4 is 23.2 Å². The second kappa shape index (κ2) is 7.33. The minimum Gasteiger partial charge on any atom is -0.310 e. The van der Waals surface area contributed by atoms with E-state index in [1.165, 1.54) is 37.7 Å². The molecule has 1 atom stereocenters. The van der Waals surface area contributed by atoms with Gasteiger partial charge >= 0.3 is 0 Å². The van der Waals surface area contributed by atoms with Crippen LogP contribution >= 0.6 is 23.2 Å². The molecule has 2 rings (SSSR count). The molecule has 0 aliphatic heterocycles. The van der Waals surface area contributed by atoms with Gasteiger partial charge in [-0.05, 0) is 50.4 Å². The molecule has 3 heteroatoms. The first-order valence-electron chi connectivity index (χ1n) is 7.03. The number of halogens is 2. The van der Waals surface area contributed by atoms with Crippen molar-refractivity contribution in [1.82, 2.24) is 5.32 Å². The summed E-state index contributed by atoms with van der Waals surface area (Å²) in [5, 5.41) is 4.84. The number of likely N-dealkylation sites (N-methyl/N-ethyl adjacent to an activating group) is 1. The second-order valence-corrected chi connectivity index (χ2v) is 5.96. The summed E-state index contributed by atoms with van der Waals surface area (Å²) >= 11 is 12.3. The summed E-state index contributed by atoms with van der Waals surface area (Å²) in [6.45, 7) is 0. The Hall–Kier alpha value is -0.500. The Labute approximate surface area is 126 Å². The maximum absolute atomic E-state index is 6.34. The largest absolute Gasteiger partial charge is 0.310 e. The fraction of sp³-hybridized carbons (Fsp3) is 0.500. The molecule has 0 bridgehead atoms. The van der Waals surface area contributed by atoms with E-state index in [2.05, 4.69) is 11.4 Å². The predicted octanol–water partition coefficient (Wildman–Crippen LogP) is 5.53. The molecule has 1 aromatic carbocycles. The molecule has 1 aliphatic rings. The van der Waals surface area contributed by atoms with Gasteiger partial charge in [0.1, 0.15) is 0 Å². The second-order valence-electron chi connectivity index (χ2n) is 5.12. The van der Waals surface area contributed by atoms with E-state index in [-0.39, 0.29) is 6.04 Å². The van der Waals surface area contributed by atoms with E-state index in [0.29, 0.717) is 5.02 Å². The van der Waals surface area contributed by atoms with Gasteiger partial charge in [0.05, 0.1) is 6.04 Å². The Morgan fingerprint density at radius 2 is 1.89 bits per heavy atom. The number of hydrogen-bond donors (Lipinski definition) is 1. The minimum atomic E-state index is 0.211. The van der Waals surface area contributed by atoms with Crippen molar-refractivity contribution in [3.8, 4) is 0 Å². The van der Waals surface area contributed by atoms with Crippen LogP contribution in [-0.2, 0) is 0 Å². The van der Waals surface area contributed by atoms with Crippen LogP contribution in [0.15, 0.2) is 29.8 Å². The number of allylic oxidation sites excluding steroid dienone is 1. The summed E-state index contributed by atoms with van der Waals surface area (Å²) in [5.41, 5.74) is 2.59. The van der Waals surface area contributed by atoms with Crippen LogP contribution in [0.1, 0.15) is 50.1 Å². The Balaban J connectivity index is 2.27. The van der Waals surface area contributed by atoms with Crippen LogP contribution in [0.4, 0.5) is 0 Å². The number of rotatable bonds is 3. The summed E-state index contributed by atoms with van der Waals surface area (Å²) in [6, 6.07) is 5.98. The van der Waals surface area contributed by atoms with Crippen LogP contribution in [0.25, 0.3) is 0 Å². The van der Waals surface area contributed by atoms with Gasteiger partial charge in [0.2, 0.25) is 0 Å². The topological polar surface area (TPSA) is 12.0 Å². The average molecular weight is 298 g/mol. The molecule has 19 heavy (non-hydrogen) atoms. The Morgan fingerprint density at radius 1 is 1.11 bits per heavy atom. The zero-order valence-corrected chi connectivity index (χ0v) is 12.9. The smallest absolute Gasteiger partial charge is 0.0548 e. The first-order valence-corrected chi connectivity index (χ1v) is 7.79. The molecule has 0 amide bonds. The molecule has 104 valence electrons. The van der Waals surface area contributed by atoms with Crippen molar-refractivity contribution in [1.29, 1.82) is 0 Å². The number of nitrogens with one attached hydrogen (secondary N) is 1. The highest BCUT2D eigenvalue weighted by molar-refractivity contribution is 6.35. The van der Waals surface area contributed by atoms with E-state index in [1.54, 1.807) is 0 Å². The highest BCUT2D eigenvalue weighted by Crippen LogP contribution is 2.33. The Morgan fingerprint density at radius 3 is 2.63 bits per heavy atom. The van der Waals surface area contributed by atoms with Crippen LogP contribution in [0, 0.1) is 0 Å². The lowest BCUT2D eigenvalue weighted by Crippen LogP contribution is -2.19. The third-order valence-corrected chi connectivity index (χ3v) is 4.32. The van der Waals surface area contributed by atoms with Crippen LogP contribution in [0.2, 0.25) is 10.0 Å². The third-order valence-electron chi connectivity index (χ3n) is 3.76. The third kappa shape index (κ3) is 3.98. The predicted molar refractivity (Wildman–Crippen MR) is 84.0 cm³/mol. The van der Waals surface area contributed by atoms with Gasteiger partial charge in [-0.1, -0.05) is 53.8 Å². The molecule has 0 saturated heterocycles. The first-order chi connectivity index (χ1) is 9.22. The van der Waals surface area contributed by atoms with Gasteiger partial charge in [0, 0.05) is 10.0 Å². The van der Waals surface area contributed by atoms with Gasteiger partial charge < -0.3 is 5.32 Å². The summed E-state index contributed by atoms with van der Waals surface area (Å²) in [4.78, 5) is 0. The average Bonchev–Trinajstić information content (AvgIpc) is 2.34. The van der Waals surface area contributed by atoms with Gasteiger partial charge in [-0.15, -0.1) is 0 Å². The van der Waals surface area contributed by atoms with E-state index >= 15 is 0 Å². The zero-order chi connectivity index (χ0) is 13.7. The van der Waals surface area contributed by atoms with E-state index < -0.39 is 0 Å². The SMILES string of the molecule is CNC(/C1=C/CCCCCC1)c1ccc(Cl)cc1Cl. The van der Waals surface area contributed by atoms with E-state index in [9.17, 15) is 0 Å². The Kier molecular flexibility index (Phi) is 5.75. The van der Waals surface area contributed by atoms with Crippen molar-refractivity contribution in [2.45, 2.75) is 44.6 Å². The normalized spacial score (nSPS) is 21.1. The van der Waals surface area contributed by atoms with Crippen LogP contribution in [-0.4, -0.2) is 7.05 Å². The maximum Gasteiger partial charge on any atom is 0.0548 e. The van der Waals surface area contributed by atoms with Crippen molar-refractivity contribution in [2.24, 2.45) is 0 Å². The van der Waals surface area contributed by atoms with Gasteiger partial charge in [-0.25, -0.2) is 0 Å². The van der Waals surface area contributed by atoms with E-state index in [1.807, 2.05) is 25.2 Å². The highest BCUT2D eigenvalue weighted by Gasteiger charge is 2.18. The van der Waals surface area contributed by atoms with Gasteiger partial charge in [-0.2, -0.15) is 0 Å². The standard InChI is InChI=1S/C16H21Cl2N/c1-19-16(12-7-5-3-2-4-6-8-12)14-10-9-13(17)11-15(14)18/h7,9-11,16,19H,2-6,8H2,1H3/b12-7+. The molecule has 1 aliphatic carbocycles. The summed E-state index contributed by atoms with van der Waals surface area (Å²) in [6.07, 6.45) is 10.00. The van der Waals surface area contributed by atoms with Crippen molar-refractivity contribution < 1.29 is 0 Å². The fourth-order valence-electron chi connectivity index (χ4n) is 2.75. The maximum atomic E-state index is 6.34. The lowest BCUT2D eigenvalue weighted by atomic mass is 9.91. The number of hydrogen-bond acceptors (Lipinski definition) is 1. The summed E-state index contributed by atoms with van der Waals surface area (Å²) in [5.74, 6) is 0. The monoisotopic (exact) mass is 297 g/mol. The molecular weight excluding hydrogens is 277 g/mol. The molecule has 0 saturated carbocycles. The van der Waals surface area contributed by atoms with E-state index in [4.69, 9.17) is 23.2 Å². The minimum absolute atomic E-state index is 0.211. The molecule has 0 heterocycles. The lowest BCUT2D eigenvalue weighted by molar-refractivity contribution is 0.574.